The Bertz CT molecular complexity index is 2770. The fourth-order valence-electron chi connectivity index (χ4n) is 11.0. The molecule has 7 unspecified atom stereocenters. The lowest BCUT2D eigenvalue weighted by Gasteiger charge is -2.18. The van der Waals surface area contributed by atoms with Gasteiger partial charge in [-0.25, -0.2) is 43.2 Å². The van der Waals surface area contributed by atoms with Crippen molar-refractivity contribution < 1.29 is 141 Å². The minimum absolute atomic E-state index is 0.0108. The van der Waals surface area contributed by atoms with E-state index < -0.39 is 102 Å². The number of carboxylic acid groups (broad SMARTS) is 7. The largest absolute Gasteiger partial charge is 0.481 e. The second-order valence-corrected chi connectivity index (χ2v) is 30.2. The number of ketones is 5. The van der Waals surface area contributed by atoms with Gasteiger partial charge in [0, 0.05) is 97.1 Å². The van der Waals surface area contributed by atoms with Gasteiger partial charge >= 0.3 is 59.9 Å². The Labute approximate surface area is 746 Å². The van der Waals surface area contributed by atoms with E-state index in [9.17, 15) is 86.3 Å². The number of nitrogens with one attached hydrogen (secondary N) is 9. The minimum Gasteiger partial charge on any atom is -0.481 e. The molecule has 0 saturated heterocycles. The number of aliphatic carboxylic acids is 7. The molecule has 0 aliphatic rings. The fraction of sp³-hybridized carbons (Fsp3) is 0.795. The molecule has 0 spiro atoms. The predicted molar refractivity (Wildman–Crippen MR) is 475 cm³/mol. The van der Waals surface area contributed by atoms with E-state index in [1.54, 1.807) is 20.8 Å². The van der Waals surface area contributed by atoms with Crippen molar-refractivity contribution in [2.45, 2.75) is 376 Å². The molecule has 7 atom stereocenters. The summed E-state index contributed by atoms with van der Waals surface area (Å²) in [5.41, 5.74) is 0. The first-order valence-corrected chi connectivity index (χ1v) is 45.3. The van der Waals surface area contributed by atoms with Crippen molar-refractivity contribution >= 4 is 107 Å². The average molecular weight is 1810 g/mol. The monoisotopic (exact) mass is 1810 g/mol. The molecule has 0 aromatic carbocycles. The van der Waals surface area contributed by atoms with Crippen molar-refractivity contribution in [3.05, 3.63) is 0 Å². The average Bonchev–Trinajstić information content (AvgIpc) is 0.914. The van der Waals surface area contributed by atoms with Crippen LogP contribution >= 0.6 is 0 Å². The molecule has 0 heterocycles. The first kappa shape index (κ1) is 127. The molecule has 0 fully saturated rings. The van der Waals surface area contributed by atoms with Crippen molar-refractivity contribution in [3.8, 4) is 0 Å². The Morgan fingerprint density at radius 1 is 0.246 bits per heavy atom. The van der Waals surface area contributed by atoms with E-state index >= 15 is 0 Å². The topological polar surface area (TPSA) is 594 Å². The Kier molecular flexibility index (Phi) is 91.5. The Balaban J connectivity index is -0.000000348. The molecule has 0 aromatic heterocycles. The molecule has 0 radical (unpaired) electrons. The normalized spacial score (nSPS) is 12.1. The van der Waals surface area contributed by atoms with Gasteiger partial charge in [0.2, 0.25) is 17.7 Å². The maximum atomic E-state index is 11.8. The lowest BCUT2D eigenvalue weighted by atomic mass is 9.94. The molecular formula is C88H161N9O29. The molecule has 126 heavy (non-hydrogen) atoms. The van der Waals surface area contributed by atoms with Crippen molar-refractivity contribution in [2.24, 2.45) is 5.92 Å². The van der Waals surface area contributed by atoms with Crippen molar-refractivity contribution in [2.75, 3.05) is 72.5 Å². The SMILES string of the molecule is CCC(=O)NCCCCC(NC(=O)NC(CCC(C)=O)C(=O)O)C(=O)O.CCC(=O)NCCCCC(NC(=O)NC(CCC(C)=O)C(=O)O)C(=O)O.CCC(=O)NCCCCC(NC(=O)NC(CCC(C)=O)C(=O)O)C(=O)O.CCCCCCC(=O)CC(CCCCC)C(=O)O.CCCCCCCC(=O)CCCCCC.CCCOCCOCCOCCOCC. The summed E-state index contributed by atoms with van der Waals surface area (Å²) in [6.07, 6.45) is 26.9. The number of hydrogen-bond acceptors (Lipinski definition) is 22. The van der Waals surface area contributed by atoms with Gasteiger partial charge in [-0.1, -0.05) is 139 Å². The molecule has 38 nitrogen and oxygen atoms in total. The van der Waals surface area contributed by atoms with Crippen LogP contribution in [0, 0.1) is 5.92 Å². The molecule has 0 aliphatic carbocycles. The first-order valence-electron chi connectivity index (χ1n) is 45.3. The summed E-state index contributed by atoms with van der Waals surface area (Å²) in [7, 11) is 0. The third kappa shape index (κ3) is 90.9. The molecule has 0 aromatic rings. The highest BCUT2D eigenvalue weighted by molar-refractivity contribution is 5.89. The Morgan fingerprint density at radius 2 is 0.492 bits per heavy atom. The van der Waals surface area contributed by atoms with Crippen LogP contribution in [0.5, 0.6) is 0 Å². The van der Waals surface area contributed by atoms with Crippen LogP contribution in [0.2, 0.25) is 0 Å². The summed E-state index contributed by atoms with van der Waals surface area (Å²) in [4.78, 5) is 203. The van der Waals surface area contributed by atoms with Crippen LogP contribution in [-0.4, -0.2) is 251 Å². The van der Waals surface area contributed by atoms with Gasteiger partial charge in [0.15, 0.2) is 0 Å². The summed E-state index contributed by atoms with van der Waals surface area (Å²) in [5.74, 6) is -9.23. The van der Waals surface area contributed by atoms with E-state index in [-0.39, 0.29) is 105 Å². The van der Waals surface area contributed by atoms with Gasteiger partial charge in [0.05, 0.1) is 45.6 Å². The zero-order valence-electron chi connectivity index (χ0n) is 77.7. The molecule has 16 N–H and O–H groups in total. The molecule has 38 heteroatoms. The van der Waals surface area contributed by atoms with Gasteiger partial charge in [-0.15, -0.1) is 0 Å². The summed E-state index contributed by atoms with van der Waals surface area (Å²) < 4.78 is 20.9. The Hall–Kier alpha value is -9.30. The van der Waals surface area contributed by atoms with E-state index in [0.717, 1.165) is 90.3 Å². The number of amides is 9. The van der Waals surface area contributed by atoms with Crippen LogP contribution in [-0.2, 0) is 90.9 Å². The smallest absolute Gasteiger partial charge is 0.326 e. The van der Waals surface area contributed by atoms with Crippen molar-refractivity contribution in [1.29, 1.82) is 0 Å². The summed E-state index contributed by atoms with van der Waals surface area (Å²) in [6, 6.07) is -10.2. The highest BCUT2D eigenvalue weighted by Crippen LogP contribution is 2.18. The number of carboxylic acids is 7. The third-order valence-corrected chi connectivity index (χ3v) is 18.5. The maximum absolute atomic E-state index is 11.8. The zero-order chi connectivity index (χ0) is 96.7. The molecular weight excluding hydrogens is 1650 g/mol. The second kappa shape index (κ2) is 90.5. The standard InChI is InChI=1S/3C16H27N3O7.C15H28O3.C14H28O.C11H24O4/c3*1-3-13(21)17-9-5-4-6-11(14(22)23)18-16(26)19-12(15(24)25)8-7-10(2)20;1-3-5-7-9-11-14(16)12-13(15(17)18)10-8-6-4-2;1-3-5-7-9-11-13-14(15)12-10-8-6-4-2;1-3-5-13-8-9-15-11-10-14-7-6-12-4-2/h3*11-12H,3-9H2,1-2H3,(H,17,21)(H,22,23)(H,24,25)(H2,18,19,26);13H,3-12H2,1-2H3,(H,17,18);3-13H2,1-2H3;3-11H2,1-2H3. The number of unbranched alkanes of at least 4 members (excludes halogenated alkanes) is 15. The van der Waals surface area contributed by atoms with Crippen LogP contribution in [0.1, 0.15) is 340 Å². The summed E-state index contributed by atoms with van der Waals surface area (Å²) in [5, 5.41) is 84.8. The summed E-state index contributed by atoms with van der Waals surface area (Å²) >= 11 is 0. The van der Waals surface area contributed by atoms with E-state index in [2.05, 4.69) is 82.5 Å². The van der Waals surface area contributed by atoms with E-state index in [1.807, 2.05) is 6.92 Å². The van der Waals surface area contributed by atoms with Crippen molar-refractivity contribution in [1.82, 2.24) is 47.9 Å². The van der Waals surface area contributed by atoms with Gasteiger partial charge in [0.25, 0.3) is 0 Å². The molecule has 0 bridgehead atoms. The molecule has 0 saturated carbocycles. The third-order valence-electron chi connectivity index (χ3n) is 18.5. The van der Waals surface area contributed by atoms with Crippen LogP contribution in [0.15, 0.2) is 0 Å². The number of hydrogen-bond donors (Lipinski definition) is 16. The first-order chi connectivity index (χ1) is 59.8. The van der Waals surface area contributed by atoms with Crippen LogP contribution in [0.3, 0.4) is 0 Å². The highest BCUT2D eigenvalue weighted by Gasteiger charge is 2.28. The number of carbonyl (C=O) groups excluding carboxylic acids is 11. The van der Waals surface area contributed by atoms with Gasteiger partial charge in [-0.2, -0.15) is 0 Å². The predicted octanol–water partition coefficient (Wildman–Crippen LogP) is 11.3. The minimum atomic E-state index is -1.31. The van der Waals surface area contributed by atoms with Gasteiger partial charge in [-0.3, -0.25) is 28.8 Å². The van der Waals surface area contributed by atoms with Gasteiger partial charge in [0.1, 0.15) is 65.2 Å². The molecule has 732 valence electrons. The fourth-order valence-corrected chi connectivity index (χ4v) is 11.0. The number of rotatable bonds is 74. The summed E-state index contributed by atoms with van der Waals surface area (Å²) in [6.45, 7) is 28.5. The van der Waals surface area contributed by atoms with Gasteiger partial charge < -0.3 is 117 Å². The van der Waals surface area contributed by atoms with Gasteiger partial charge in [-0.05, 0) is 137 Å². The van der Waals surface area contributed by atoms with Crippen LogP contribution in [0.25, 0.3) is 0 Å². The number of urea groups is 3. The quantitative estimate of drug-likeness (QED) is 0.0252. The number of carbonyl (C=O) groups is 18. The second-order valence-electron chi connectivity index (χ2n) is 30.2. The van der Waals surface area contributed by atoms with Crippen LogP contribution < -0.4 is 47.9 Å². The lowest BCUT2D eigenvalue weighted by molar-refractivity contribution is -0.144. The zero-order valence-corrected chi connectivity index (χ0v) is 77.7. The van der Waals surface area contributed by atoms with E-state index in [4.69, 9.17) is 54.7 Å². The number of ether oxygens (including phenoxy) is 4. The van der Waals surface area contributed by atoms with E-state index in [0.29, 0.717) is 136 Å². The maximum Gasteiger partial charge on any atom is 0.326 e. The highest BCUT2D eigenvalue weighted by atomic mass is 16.6. The molecule has 9 amide bonds. The van der Waals surface area contributed by atoms with Crippen LogP contribution in [0.4, 0.5) is 14.4 Å². The number of Topliss-reactive ketones (excluding diaryl/α,β-unsaturated/α-hetero) is 5. The lowest BCUT2D eigenvalue weighted by Crippen LogP contribution is -2.51. The van der Waals surface area contributed by atoms with E-state index in [1.165, 1.54) is 65.7 Å². The molecule has 0 rings (SSSR count). The Morgan fingerprint density at radius 3 is 0.746 bits per heavy atom. The van der Waals surface area contributed by atoms with Crippen molar-refractivity contribution in [3.63, 3.8) is 0 Å². The molecule has 0 aliphatic heterocycles.